The van der Waals surface area contributed by atoms with Crippen molar-refractivity contribution < 1.29 is 107 Å². The highest BCUT2D eigenvalue weighted by Gasteiger charge is 2.46. The molecule has 606 valence electrons. The number of rotatable bonds is 15. The summed E-state index contributed by atoms with van der Waals surface area (Å²) in [4.78, 5) is 38.2. The number of esters is 2. The minimum absolute atomic E-state index is 0.193. The number of carbonyl (C=O) groups is 3. The lowest BCUT2D eigenvalue weighted by Crippen LogP contribution is -2.30. The van der Waals surface area contributed by atoms with Gasteiger partial charge in [0.05, 0.1) is 67.5 Å². The summed E-state index contributed by atoms with van der Waals surface area (Å²) >= 11 is 0. The average molecular weight is 1580 g/mol. The van der Waals surface area contributed by atoms with Crippen molar-refractivity contribution in [3.05, 3.63) is 236 Å². The lowest BCUT2D eigenvalue weighted by Gasteiger charge is -2.31. The van der Waals surface area contributed by atoms with E-state index in [2.05, 4.69) is 0 Å². The SMILES string of the molecule is COC(=O)C(OC(C)(C)C)c1c(C(F)(F)F)ccc(-c2ccc(C)cc2)c1-c1ccc2c(c1)CCCO2.COC(=O)C(OC(C)(C)C)c1c(C(F)(F)F)ccc(C)c1-c1ccc2c(c1)CCCO2.Cc1ccc(-c2ccc(C(F)(F)F)c(C(OC(C)(C)C)C(=O)O)c2-c2ccc3c(c2)CCCO3)cc1.Cc1ccc(B(O)O)cc1. The molecule has 3 aliphatic rings. The number of carboxylic acids is 1. The van der Waals surface area contributed by atoms with Crippen LogP contribution in [0.25, 0.3) is 55.6 Å². The Morgan fingerprint density at radius 1 is 0.386 bits per heavy atom. The van der Waals surface area contributed by atoms with Crippen LogP contribution in [0.3, 0.4) is 0 Å². The number of ether oxygens (including phenoxy) is 8. The summed E-state index contributed by atoms with van der Waals surface area (Å²) in [7, 11) is 0.940. The summed E-state index contributed by atoms with van der Waals surface area (Å²) in [5.41, 5.74) is 5.27. The van der Waals surface area contributed by atoms with Crippen molar-refractivity contribution in [2.75, 3.05) is 34.0 Å². The lowest BCUT2D eigenvalue weighted by molar-refractivity contribution is -0.167. The van der Waals surface area contributed by atoms with E-state index in [-0.39, 0.29) is 22.3 Å². The van der Waals surface area contributed by atoms with E-state index >= 15 is 0 Å². The number of halogens is 9. The van der Waals surface area contributed by atoms with Gasteiger partial charge in [-0.2, -0.15) is 39.5 Å². The van der Waals surface area contributed by atoms with Crippen LogP contribution in [0, 0.1) is 27.7 Å². The number of aryl methyl sites for hydroxylation is 7. The minimum Gasteiger partial charge on any atom is -0.493 e. The van der Waals surface area contributed by atoms with Gasteiger partial charge in [0.1, 0.15) is 17.2 Å². The molecule has 3 heterocycles. The molecule has 9 aromatic rings. The minimum atomic E-state index is -4.79. The van der Waals surface area contributed by atoms with Gasteiger partial charge in [-0.05, 0) is 266 Å². The van der Waals surface area contributed by atoms with Gasteiger partial charge >= 0.3 is 43.6 Å². The Labute approximate surface area is 659 Å². The molecule has 0 aromatic heterocycles. The van der Waals surface area contributed by atoms with Gasteiger partial charge in [-0.25, -0.2) is 14.4 Å². The molecule has 0 fully saturated rings. The Bertz CT molecular complexity index is 4880. The second kappa shape index (κ2) is 36.2. The zero-order valence-corrected chi connectivity index (χ0v) is 66.5. The molecule has 3 aliphatic heterocycles. The number of hydrogen-bond acceptors (Lipinski definition) is 13. The van der Waals surface area contributed by atoms with Crippen molar-refractivity contribution in [3.8, 4) is 72.9 Å². The summed E-state index contributed by atoms with van der Waals surface area (Å²) in [5, 5.41) is 27.5. The van der Waals surface area contributed by atoms with Crippen molar-refractivity contribution in [2.24, 2.45) is 0 Å². The zero-order chi connectivity index (χ0) is 83.7. The Balaban J connectivity index is 0.000000185. The molecule has 0 aliphatic carbocycles. The van der Waals surface area contributed by atoms with E-state index < -0.39 is 101 Å². The largest absolute Gasteiger partial charge is 0.493 e. The predicted octanol–water partition coefficient (Wildman–Crippen LogP) is 21.0. The molecule has 3 N–H and O–H groups in total. The maximum absolute atomic E-state index is 14.5. The van der Waals surface area contributed by atoms with Gasteiger partial charge in [-0.3, -0.25) is 0 Å². The maximum Gasteiger partial charge on any atom is 0.488 e. The van der Waals surface area contributed by atoms with Crippen molar-refractivity contribution in [1.29, 1.82) is 0 Å². The molecule has 14 nitrogen and oxygen atoms in total. The first-order valence-electron chi connectivity index (χ1n) is 37.3. The number of benzene rings is 9. The number of methoxy groups -OCH3 is 2. The van der Waals surface area contributed by atoms with Crippen molar-refractivity contribution in [2.45, 2.75) is 182 Å². The van der Waals surface area contributed by atoms with Gasteiger partial charge in [0, 0.05) is 16.7 Å². The number of alkyl halides is 9. The second-order valence-corrected chi connectivity index (χ2v) is 31.2. The van der Waals surface area contributed by atoms with Crippen molar-refractivity contribution in [3.63, 3.8) is 0 Å². The molecule has 12 rings (SSSR count). The fourth-order valence-corrected chi connectivity index (χ4v) is 13.7. The van der Waals surface area contributed by atoms with Crippen LogP contribution in [-0.2, 0) is 75.9 Å². The highest BCUT2D eigenvalue weighted by molar-refractivity contribution is 6.58. The van der Waals surface area contributed by atoms with Gasteiger partial charge in [-0.1, -0.05) is 126 Å². The second-order valence-electron chi connectivity index (χ2n) is 31.2. The highest BCUT2D eigenvalue weighted by atomic mass is 19.4. The molecule has 0 saturated carbocycles. The van der Waals surface area contributed by atoms with Gasteiger partial charge in [0.2, 0.25) is 0 Å². The quantitative estimate of drug-likeness (QED) is 0.0500. The van der Waals surface area contributed by atoms with Crippen LogP contribution in [-0.4, -0.2) is 91.0 Å². The van der Waals surface area contributed by atoms with Crippen LogP contribution in [0.15, 0.2) is 164 Å². The van der Waals surface area contributed by atoms with E-state index in [0.29, 0.717) is 75.5 Å². The molecule has 0 spiro atoms. The van der Waals surface area contributed by atoms with E-state index in [1.807, 2.05) is 93.6 Å². The summed E-state index contributed by atoms with van der Waals surface area (Å²) in [6, 6.07) is 45.2. The summed E-state index contributed by atoms with van der Waals surface area (Å²) in [6.07, 6.45) is -14.5. The Kier molecular flexibility index (Phi) is 28.0. The third kappa shape index (κ3) is 22.3. The first-order chi connectivity index (χ1) is 53.4. The maximum atomic E-state index is 14.5. The highest BCUT2D eigenvalue weighted by Crippen LogP contribution is 2.51. The van der Waals surface area contributed by atoms with Gasteiger partial charge in [-0.15, -0.1) is 0 Å². The van der Waals surface area contributed by atoms with Crippen LogP contribution < -0.4 is 19.7 Å². The number of aliphatic carboxylic acids is 1. The summed E-state index contributed by atoms with van der Waals surface area (Å²) < 4.78 is 174. The molecule has 9 aromatic carbocycles. The van der Waals surface area contributed by atoms with Gasteiger partial charge < -0.3 is 53.0 Å². The Morgan fingerprint density at radius 3 is 0.982 bits per heavy atom. The first-order valence-corrected chi connectivity index (χ1v) is 37.3. The van der Waals surface area contributed by atoms with E-state index in [1.54, 1.807) is 124 Å². The zero-order valence-electron chi connectivity index (χ0n) is 66.5. The first kappa shape index (κ1) is 88.0. The van der Waals surface area contributed by atoms with E-state index in [1.165, 1.54) is 18.2 Å². The van der Waals surface area contributed by atoms with Crippen LogP contribution >= 0.6 is 0 Å². The van der Waals surface area contributed by atoms with E-state index in [9.17, 15) is 59.0 Å². The van der Waals surface area contributed by atoms with Gasteiger partial charge in [0.15, 0.2) is 18.3 Å². The molecule has 0 radical (unpaired) electrons. The normalized spacial score (nSPS) is 14.3. The summed E-state index contributed by atoms with van der Waals surface area (Å²) in [5.74, 6) is -1.12. The topological polar surface area (TPSA) is 186 Å². The molecule has 3 atom stereocenters. The predicted molar refractivity (Wildman–Crippen MR) is 421 cm³/mol. The fourth-order valence-electron chi connectivity index (χ4n) is 13.7. The molecule has 0 amide bonds. The third-order valence-electron chi connectivity index (χ3n) is 18.8. The fraction of sp³-hybridized carbons (Fsp3) is 0.367. The molecule has 24 heteroatoms. The number of fused-ring (bicyclic) bond motifs is 3. The van der Waals surface area contributed by atoms with Crippen LogP contribution in [0.5, 0.6) is 17.2 Å². The standard InChI is InChI=1S/C30H31F3O4.C29H29F3O4.C24H27F3O4.C7H9BO2/c1-18-8-10-19(11-9-18)22-13-14-23(30(31,32)33)26(27(28(34)35-5)37-29(2,3)4)25(22)21-12-15-24-20(17-21)7-6-16-36-24;1-17-7-9-18(10-8-17)21-12-13-22(29(30,31)32)25(26(27(33)34)36-28(2,3)4)24(21)20-11-14-23-19(16-20)6-5-15-35-23;1-14-8-10-17(24(25,26)27)20(21(22(28)29-5)31-23(2,3)4)19(14)16-9-11-18-15(13-16)7-6-12-30-18;1-6-2-4-7(5-3-6)8(9)10/h8-15,17,27H,6-7,16H2,1-5H3;7-14,16,26H,5-6,15H2,1-4H3,(H,33,34);8-11,13,21H,6-7,12H2,1-5H3;2-5,9-10H,1H3. The van der Waals surface area contributed by atoms with Crippen molar-refractivity contribution >= 4 is 30.5 Å². The summed E-state index contributed by atoms with van der Waals surface area (Å²) in [6.45, 7) is 24.3. The number of carboxylic acid groups (broad SMARTS) is 1. The number of hydrogen-bond donors (Lipinski definition) is 3. The monoisotopic (exact) mass is 1580 g/mol. The van der Waals surface area contributed by atoms with Crippen molar-refractivity contribution in [1.82, 2.24) is 0 Å². The van der Waals surface area contributed by atoms with E-state index in [4.69, 9.17) is 47.9 Å². The number of carbonyl (C=O) groups excluding carboxylic acids is 2. The Hall–Kier alpha value is -9.98. The molecule has 0 bridgehead atoms. The molecule has 3 unspecified atom stereocenters. The van der Waals surface area contributed by atoms with Crippen LogP contribution in [0.1, 0.15) is 172 Å². The lowest BCUT2D eigenvalue weighted by atomic mass is 9.80. The average Bonchev–Trinajstić information content (AvgIpc) is 0.826. The van der Waals surface area contributed by atoms with Crippen LogP contribution in [0.2, 0.25) is 0 Å². The molecular weight excluding hydrogens is 1490 g/mol. The third-order valence-corrected chi connectivity index (χ3v) is 18.8. The molecule has 0 saturated heterocycles. The molecule has 114 heavy (non-hydrogen) atoms. The van der Waals surface area contributed by atoms with Crippen LogP contribution in [0.4, 0.5) is 39.5 Å². The Morgan fingerprint density at radius 2 is 0.675 bits per heavy atom. The smallest absolute Gasteiger partial charge is 0.488 e. The van der Waals surface area contributed by atoms with E-state index in [0.717, 1.165) is 121 Å². The molecular formula is C90H96BF9O14. The van der Waals surface area contributed by atoms with Gasteiger partial charge in [0.25, 0.3) is 0 Å².